The molecule has 0 bridgehead atoms. The van der Waals surface area contributed by atoms with Gasteiger partial charge in [0.1, 0.15) is 0 Å². The standard InChI is InChI=1S/C10H14BClO2/c1-10(2,3)8-5-4-7(12)6-9(8)11(13)14/h4-6,13-14H,1-3H3. The zero-order valence-electron chi connectivity index (χ0n) is 8.58. The molecular formula is C10H14BClO2. The van der Waals surface area contributed by atoms with Crippen LogP contribution in [0.15, 0.2) is 18.2 Å². The summed E-state index contributed by atoms with van der Waals surface area (Å²) in [5, 5.41) is 18.9. The SMILES string of the molecule is CC(C)(C)c1ccc(Cl)cc1B(O)O. The summed E-state index contributed by atoms with van der Waals surface area (Å²) in [7, 11) is -1.47. The first-order valence-electron chi connectivity index (χ1n) is 4.48. The average Bonchev–Trinajstić information content (AvgIpc) is 2.01. The fourth-order valence-corrected chi connectivity index (χ4v) is 1.61. The van der Waals surface area contributed by atoms with Gasteiger partial charge in [0.2, 0.25) is 0 Å². The molecule has 76 valence electrons. The maximum Gasteiger partial charge on any atom is 0.488 e. The summed E-state index contributed by atoms with van der Waals surface area (Å²) in [4.78, 5) is 0. The molecule has 1 rings (SSSR count). The molecule has 2 N–H and O–H groups in total. The lowest BCUT2D eigenvalue weighted by Gasteiger charge is -2.22. The number of hydrogen-bond donors (Lipinski definition) is 2. The van der Waals surface area contributed by atoms with Crippen LogP contribution in [0.2, 0.25) is 5.02 Å². The van der Waals surface area contributed by atoms with Crippen LogP contribution in [0, 0.1) is 0 Å². The summed E-state index contributed by atoms with van der Waals surface area (Å²) >= 11 is 5.79. The molecule has 0 heterocycles. The molecule has 0 aliphatic carbocycles. The highest BCUT2D eigenvalue weighted by molar-refractivity contribution is 6.59. The summed E-state index contributed by atoms with van der Waals surface area (Å²) in [6.07, 6.45) is 0. The third-order valence-corrected chi connectivity index (χ3v) is 2.33. The Morgan fingerprint density at radius 2 is 1.79 bits per heavy atom. The van der Waals surface area contributed by atoms with Gasteiger partial charge >= 0.3 is 7.12 Å². The third-order valence-electron chi connectivity index (χ3n) is 2.10. The molecule has 14 heavy (non-hydrogen) atoms. The topological polar surface area (TPSA) is 40.5 Å². The van der Waals surface area contributed by atoms with Crippen molar-refractivity contribution in [1.82, 2.24) is 0 Å². The Kier molecular flexibility index (Phi) is 3.25. The lowest BCUT2D eigenvalue weighted by atomic mass is 9.70. The Hall–Kier alpha value is -0.505. The van der Waals surface area contributed by atoms with Gasteiger partial charge in [-0.3, -0.25) is 0 Å². The normalized spacial score (nSPS) is 11.6. The van der Waals surface area contributed by atoms with E-state index in [1.54, 1.807) is 12.1 Å². The molecule has 0 aliphatic heterocycles. The van der Waals surface area contributed by atoms with E-state index in [9.17, 15) is 10.0 Å². The Morgan fingerprint density at radius 1 is 1.21 bits per heavy atom. The lowest BCUT2D eigenvalue weighted by molar-refractivity contribution is 0.424. The van der Waals surface area contributed by atoms with Crippen molar-refractivity contribution >= 4 is 24.2 Å². The van der Waals surface area contributed by atoms with Gasteiger partial charge in [0.05, 0.1) is 0 Å². The summed E-state index contributed by atoms with van der Waals surface area (Å²) in [6.45, 7) is 6.05. The highest BCUT2D eigenvalue weighted by Gasteiger charge is 2.23. The molecule has 0 saturated carbocycles. The summed E-state index contributed by atoms with van der Waals surface area (Å²) < 4.78 is 0. The molecule has 0 spiro atoms. The first-order chi connectivity index (χ1) is 6.32. The van der Waals surface area contributed by atoms with Crippen molar-refractivity contribution in [2.24, 2.45) is 0 Å². The minimum Gasteiger partial charge on any atom is -0.423 e. The number of hydrogen-bond acceptors (Lipinski definition) is 2. The van der Waals surface area contributed by atoms with Crippen LogP contribution in [-0.2, 0) is 5.41 Å². The van der Waals surface area contributed by atoms with Gasteiger partial charge in [0, 0.05) is 5.02 Å². The van der Waals surface area contributed by atoms with E-state index in [0.29, 0.717) is 10.5 Å². The lowest BCUT2D eigenvalue weighted by Crippen LogP contribution is -2.37. The van der Waals surface area contributed by atoms with Crippen LogP contribution >= 0.6 is 11.6 Å². The van der Waals surface area contributed by atoms with E-state index in [4.69, 9.17) is 11.6 Å². The fraction of sp³-hybridized carbons (Fsp3) is 0.400. The molecule has 0 saturated heterocycles. The molecule has 0 aliphatic rings. The van der Waals surface area contributed by atoms with Gasteiger partial charge in [0.25, 0.3) is 0 Å². The minimum absolute atomic E-state index is 0.121. The van der Waals surface area contributed by atoms with Gasteiger partial charge < -0.3 is 10.0 Å². The Morgan fingerprint density at radius 3 is 2.21 bits per heavy atom. The molecule has 0 unspecified atom stereocenters. The van der Waals surface area contributed by atoms with Crippen LogP contribution in [0.1, 0.15) is 26.3 Å². The number of benzene rings is 1. The molecule has 1 aromatic carbocycles. The second kappa shape index (κ2) is 3.93. The quantitative estimate of drug-likeness (QED) is 0.689. The first kappa shape index (κ1) is 11.6. The van der Waals surface area contributed by atoms with Crippen LogP contribution < -0.4 is 5.46 Å². The Bertz CT molecular complexity index is 331. The van der Waals surface area contributed by atoms with E-state index in [-0.39, 0.29) is 5.41 Å². The monoisotopic (exact) mass is 212 g/mol. The van der Waals surface area contributed by atoms with E-state index >= 15 is 0 Å². The molecule has 0 fully saturated rings. The predicted octanol–water partition coefficient (Wildman–Crippen LogP) is 1.32. The van der Waals surface area contributed by atoms with Crippen molar-refractivity contribution in [3.8, 4) is 0 Å². The van der Waals surface area contributed by atoms with Gasteiger partial charge in [-0.15, -0.1) is 0 Å². The smallest absolute Gasteiger partial charge is 0.423 e. The zero-order chi connectivity index (χ0) is 10.9. The van der Waals surface area contributed by atoms with Gasteiger partial charge in [-0.2, -0.15) is 0 Å². The van der Waals surface area contributed by atoms with E-state index in [2.05, 4.69) is 0 Å². The van der Waals surface area contributed by atoms with E-state index in [1.165, 1.54) is 0 Å². The Balaban J connectivity index is 3.29. The van der Waals surface area contributed by atoms with Crippen molar-refractivity contribution in [3.05, 3.63) is 28.8 Å². The molecule has 1 aromatic rings. The zero-order valence-corrected chi connectivity index (χ0v) is 9.34. The van der Waals surface area contributed by atoms with Gasteiger partial charge in [-0.05, 0) is 28.6 Å². The van der Waals surface area contributed by atoms with Gasteiger partial charge in [-0.25, -0.2) is 0 Å². The van der Waals surface area contributed by atoms with Crippen LogP contribution in [0.4, 0.5) is 0 Å². The summed E-state index contributed by atoms with van der Waals surface area (Å²) in [5.41, 5.74) is 1.26. The summed E-state index contributed by atoms with van der Waals surface area (Å²) in [5.74, 6) is 0. The maximum atomic E-state index is 9.19. The van der Waals surface area contributed by atoms with Crippen molar-refractivity contribution < 1.29 is 10.0 Å². The second-order valence-corrected chi connectivity index (χ2v) is 4.79. The molecule has 0 amide bonds. The van der Waals surface area contributed by atoms with Gasteiger partial charge in [-0.1, -0.05) is 38.4 Å². The molecule has 4 heteroatoms. The first-order valence-corrected chi connectivity index (χ1v) is 4.86. The molecule has 0 aromatic heterocycles. The number of rotatable bonds is 1. The van der Waals surface area contributed by atoms with E-state index < -0.39 is 7.12 Å². The number of halogens is 1. The molecule has 0 radical (unpaired) electrons. The average molecular weight is 212 g/mol. The largest absolute Gasteiger partial charge is 0.488 e. The summed E-state index contributed by atoms with van der Waals surface area (Å²) in [6, 6.07) is 5.18. The highest BCUT2D eigenvalue weighted by atomic mass is 35.5. The van der Waals surface area contributed by atoms with Crippen LogP contribution in [-0.4, -0.2) is 17.2 Å². The van der Waals surface area contributed by atoms with E-state index in [0.717, 1.165) is 5.56 Å². The second-order valence-electron chi connectivity index (χ2n) is 4.36. The van der Waals surface area contributed by atoms with Crippen molar-refractivity contribution in [2.45, 2.75) is 26.2 Å². The molecular weight excluding hydrogens is 198 g/mol. The van der Waals surface area contributed by atoms with Crippen LogP contribution in [0.3, 0.4) is 0 Å². The van der Waals surface area contributed by atoms with Crippen molar-refractivity contribution in [1.29, 1.82) is 0 Å². The maximum absolute atomic E-state index is 9.19. The minimum atomic E-state index is -1.47. The molecule has 2 nitrogen and oxygen atoms in total. The van der Waals surface area contributed by atoms with Crippen LogP contribution in [0.5, 0.6) is 0 Å². The third kappa shape index (κ3) is 2.50. The van der Waals surface area contributed by atoms with Crippen molar-refractivity contribution in [2.75, 3.05) is 0 Å². The van der Waals surface area contributed by atoms with Crippen LogP contribution in [0.25, 0.3) is 0 Å². The van der Waals surface area contributed by atoms with Crippen molar-refractivity contribution in [3.63, 3.8) is 0 Å². The Labute approximate surface area is 89.7 Å². The molecule has 0 atom stereocenters. The highest BCUT2D eigenvalue weighted by Crippen LogP contribution is 2.22. The van der Waals surface area contributed by atoms with E-state index in [1.807, 2.05) is 26.8 Å². The predicted molar refractivity (Wildman–Crippen MR) is 60.0 cm³/mol. The van der Waals surface area contributed by atoms with Gasteiger partial charge in [0.15, 0.2) is 0 Å². The fourth-order valence-electron chi connectivity index (χ4n) is 1.43.